The van der Waals surface area contributed by atoms with Crippen molar-refractivity contribution < 1.29 is 9.90 Å². The maximum Gasteiger partial charge on any atom is 0.335 e. The molecule has 0 atom stereocenters. The van der Waals surface area contributed by atoms with Crippen molar-refractivity contribution in [2.75, 3.05) is 0 Å². The number of benzene rings is 1. The first-order valence-corrected chi connectivity index (χ1v) is 5.51. The Kier molecular flexibility index (Phi) is 2.34. The molecule has 0 bridgehead atoms. The van der Waals surface area contributed by atoms with Gasteiger partial charge in [-0.3, -0.25) is 4.98 Å². The normalized spacial score (nSPS) is 10.7. The summed E-state index contributed by atoms with van der Waals surface area (Å²) in [6, 6.07) is 12.7. The molecule has 0 amide bonds. The van der Waals surface area contributed by atoms with Crippen LogP contribution in [0, 0.1) is 0 Å². The molecule has 0 radical (unpaired) electrons. The Bertz CT molecular complexity index is 717. The third kappa shape index (κ3) is 1.73. The molecule has 18 heavy (non-hydrogen) atoms. The van der Waals surface area contributed by atoms with Crippen molar-refractivity contribution in [1.82, 2.24) is 9.97 Å². The Labute approximate surface area is 103 Å². The van der Waals surface area contributed by atoms with Crippen LogP contribution in [0.2, 0.25) is 0 Å². The van der Waals surface area contributed by atoms with E-state index in [1.54, 1.807) is 24.4 Å². The Morgan fingerprint density at radius 2 is 2.06 bits per heavy atom. The minimum absolute atomic E-state index is 0.275. The number of H-pyrrole nitrogens is 1. The summed E-state index contributed by atoms with van der Waals surface area (Å²) in [6.07, 6.45) is 1.73. The van der Waals surface area contributed by atoms with Gasteiger partial charge in [-0.05, 0) is 30.3 Å². The number of hydrogen-bond donors (Lipinski definition) is 2. The average Bonchev–Trinajstić information content (AvgIpc) is 2.82. The lowest BCUT2D eigenvalue weighted by Crippen LogP contribution is -1.94. The van der Waals surface area contributed by atoms with Crippen LogP contribution in [0.4, 0.5) is 0 Å². The fourth-order valence-corrected chi connectivity index (χ4v) is 1.92. The molecule has 0 aliphatic heterocycles. The number of nitrogens with one attached hydrogen (secondary N) is 1. The molecule has 0 aliphatic rings. The van der Waals surface area contributed by atoms with Crippen molar-refractivity contribution in [3.63, 3.8) is 0 Å². The molecule has 0 saturated carbocycles. The number of carboxylic acid groups (broad SMARTS) is 1. The fraction of sp³-hybridized carbons (Fsp3) is 0. The smallest absolute Gasteiger partial charge is 0.335 e. The highest BCUT2D eigenvalue weighted by atomic mass is 16.4. The summed E-state index contributed by atoms with van der Waals surface area (Å²) in [4.78, 5) is 18.3. The largest absolute Gasteiger partial charge is 0.478 e. The first-order chi connectivity index (χ1) is 8.74. The van der Waals surface area contributed by atoms with Gasteiger partial charge in [0.2, 0.25) is 0 Å². The fourth-order valence-electron chi connectivity index (χ4n) is 1.92. The van der Waals surface area contributed by atoms with Crippen molar-refractivity contribution in [2.45, 2.75) is 0 Å². The molecule has 2 heterocycles. The molecule has 0 fully saturated rings. The molecule has 1 aromatic carbocycles. The number of hydrogen-bond acceptors (Lipinski definition) is 2. The zero-order valence-electron chi connectivity index (χ0n) is 9.42. The lowest BCUT2D eigenvalue weighted by Gasteiger charge is -1.94. The van der Waals surface area contributed by atoms with E-state index in [2.05, 4.69) is 9.97 Å². The van der Waals surface area contributed by atoms with E-state index in [0.29, 0.717) is 0 Å². The van der Waals surface area contributed by atoms with Gasteiger partial charge in [0.15, 0.2) is 0 Å². The molecule has 3 rings (SSSR count). The quantitative estimate of drug-likeness (QED) is 0.721. The number of aromatic amines is 1. The number of aromatic carboxylic acids is 1. The van der Waals surface area contributed by atoms with Gasteiger partial charge in [-0.25, -0.2) is 4.79 Å². The van der Waals surface area contributed by atoms with Crippen LogP contribution in [0.1, 0.15) is 10.4 Å². The maximum atomic E-state index is 10.9. The van der Waals surface area contributed by atoms with Gasteiger partial charge in [0.25, 0.3) is 0 Å². The van der Waals surface area contributed by atoms with E-state index in [-0.39, 0.29) is 5.56 Å². The van der Waals surface area contributed by atoms with E-state index in [4.69, 9.17) is 5.11 Å². The van der Waals surface area contributed by atoms with E-state index >= 15 is 0 Å². The lowest BCUT2D eigenvalue weighted by atomic mass is 10.1. The number of rotatable bonds is 2. The zero-order chi connectivity index (χ0) is 12.5. The van der Waals surface area contributed by atoms with Crippen LogP contribution in [0.3, 0.4) is 0 Å². The van der Waals surface area contributed by atoms with Gasteiger partial charge in [0, 0.05) is 17.1 Å². The summed E-state index contributed by atoms with van der Waals surface area (Å²) >= 11 is 0. The summed E-state index contributed by atoms with van der Waals surface area (Å²) in [6.45, 7) is 0. The topological polar surface area (TPSA) is 66.0 Å². The van der Waals surface area contributed by atoms with Crippen LogP contribution < -0.4 is 0 Å². The van der Waals surface area contributed by atoms with Crippen LogP contribution in [-0.4, -0.2) is 21.0 Å². The standard InChI is InChI=1S/C14H10N2O2/c17-14(18)10-5-4-9-7-13(16-12(9)8-10)11-3-1-2-6-15-11/h1-8,16H,(H,17,18). The summed E-state index contributed by atoms with van der Waals surface area (Å²) in [5.41, 5.74) is 2.80. The van der Waals surface area contributed by atoms with Crippen LogP contribution in [0.5, 0.6) is 0 Å². The molecule has 88 valence electrons. The molecule has 4 nitrogen and oxygen atoms in total. The minimum atomic E-state index is -0.925. The van der Waals surface area contributed by atoms with Gasteiger partial charge in [0.05, 0.1) is 17.0 Å². The third-order valence-electron chi connectivity index (χ3n) is 2.81. The highest BCUT2D eigenvalue weighted by molar-refractivity contribution is 5.94. The van der Waals surface area contributed by atoms with E-state index in [0.717, 1.165) is 22.3 Å². The second-order valence-corrected chi connectivity index (χ2v) is 4.01. The summed E-state index contributed by atoms with van der Waals surface area (Å²) in [5, 5.41) is 9.91. The molecular formula is C14H10N2O2. The minimum Gasteiger partial charge on any atom is -0.478 e. The molecule has 0 spiro atoms. The predicted octanol–water partition coefficient (Wildman–Crippen LogP) is 2.93. The zero-order valence-corrected chi connectivity index (χ0v) is 9.42. The number of nitrogens with zero attached hydrogens (tertiary/aromatic N) is 1. The van der Waals surface area contributed by atoms with E-state index in [1.807, 2.05) is 24.3 Å². The first-order valence-electron chi connectivity index (χ1n) is 5.51. The van der Waals surface area contributed by atoms with Crippen LogP contribution >= 0.6 is 0 Å². The number of aromatic nitrogens is 2. The molecule has 3 aromatic rings. The molecule has 2 aromatic heterocycles. The Hall–Kier alpha value is -2.62. The maximum absolute atomic E-state index is 10.9. The Morgan fingerprint density at radius 3 is 2.78 bits per heavy atom. The molecule has 2 N–H and O–H groups in total. The monoisotopic (exact) mass is 238 g/mol. The van der Waals surface area contributed by atoms with Crippen molar-refractivity contribution in [1.29, 1.82) is 0 Å². The molecule has 4 heteroatoms. The van der Waals surface area contributed by atoms with E-state index in [1.165, 1.54) is 0 Å². The number of pyridine rings is 1. The molecule has 0 unspecified atom stereocenters. The summed E-state index contributed by atoms with van der Waals surface area (Å²) < 4.78 is 0. The molecule has 0 saturated heterocycles. The molecular weight excluding hydrogens is 228 g/mol. The van der Waals surface area contributed by atoms with Crippen LogP contribution in [0.25, 0.3) is 22.3 Å². The second kappa shape index (κ2) is 4.00. The van der Waals surface area contributed by atoms with Crippen molar-refractivity contribution >= 4 is 16.9 Å². The van der Waals surface area contributed by atoms with Crippen molar-refractivity contribution in [2.24, 2.45) is 0 Å². The van der Waals surface area contributed by atoms with Gasteiger partial charge < -0.3 is 10.1 Å². The Morgan fingerprint density at radius 1 is 1.17 bits per heavy atom. The van der Waals surface area contributed by atoms with Gasteiger partial charge in [0.1, 0.15) is 0 Å². The SMILES string of the molecule is O=C(O)c1ccc2cc(-c3ccccn3)[nH]c2c1. The van der Waals surface area contributed by atoms with Gasteiger partial charge in [-0.15, -0.1) is 0 Å². The van der Waals surface area contributed by atoms with E-state index in [9.17, 15) is 4.79 Å². The highest BCUT2D eigenvalue weighted by Gasteiger charge is 2.07. The molecule has 0 aliphatic carbocycles. The first kappa shape index (κ1) is 10.5. The number of carbonyl (C=O) groups is 1. The number of fused-ring (bicyclic) bond motifs is 1. The third-order valence-corrected chi connectivity index (χ3v) is 2.81. The second-order valence-electron chi connectivity index (χ2n) is 4.01. The lowest BCUT2D eigenvalue weighted by molar-refractivity contribution is 0.0697. The highest BCUT2D eigenvalue weighted by Crippen LogP contribution is 2.23. The van der Waals surface area contributed by atoms with Crippen molar-refractivity contribution in [3.8, 4) is 11.4 Å². The van der Waals surface area contributed by atoms with Crippen LogP contribution in [-0.2, 0) is 0 Å². The van der Waals surface area contributed by atoms with E-state index < -0.39 is 5.97 Å². The summed E-state index contributed by atoms with van der Waals surface area (Å²) in [5.74, 6) is -0.925. The van der Waals surface area contributed by atoms with Gasteiger partial charge in [-0.1, -0.05) is 12.1 Å². The predicted molar refractivity (Wildman–Crippen MR) is 68.5 cm³/mol. The van der Waals surface area contributed by atoms with Crippen LogP contribution in [0.15, 0.2) is 48.7 Å². The number of carboxylic acids is 1. The Balaban J connectivity index is 2.14. The average molecular weight is 238 g/mol. The summed E-state index contributed by atoms with van der Waals surface area (Å²) in [7, 11) is 0. The van der Waals surface area contributed by atoms with Gasteiger partial charge in [-0.2, -0.15) is 0 Å². The van der Waals surface area contributed by atoms with Gasteiger partial charge >= 0.3 is 5.97 Å². The van der Waals surface area contributed by atoms with Crippen molar-refractivity contribution in [3.05, 3.63) is 54.2 Å².